The Morgan fingerprint density at radius 3 is 2.88 bits per heavy atom. The van der Waals surface area contributed by atoms with Gasteiger partial charge in [-0.15, -0.1) is 0 Å². The van der Waals surface area contributed by atoms with Crippen molar-refractivity contribution >= 4 is 11.5 Å². The van der Waals surface area contributed by atoms with Gasteiger partial charge in [0.05, 0.1) is 12.9 Å². The van der Waals surface area contributed by atoms with Crippen LogP contribution in [0.5, 0.6) is 0 Å². The number of halogens is 1. The van der Waals surface area contributed by atoms with E-state index >= 15 is 0 Å². The fourth-order valence-electron chi connectivity index (χ4n) is 1.17. The molecule has 1 aromatic rings. The summed E-state index contributed by atoms with van der Waals surface area (Å²) >= 11 is 0. The molecule has 0 saturated carbocycles. The van der Waals surface area contributed by atoms with Gasteiger partial charge in [0.25, 0.3) is 0 Å². The number of carbonyl (C=O) groups is 1. The summed E-state index contributed by atoms with van der Waals surface area (Å²) in [6, 6.07) is 5.41. The summed E-state index contributed by atoms with van der Waals surface area (Å²) in [5.41, 5.74) is 0.247. The molecule has 0 heterocycles. The zero-order valence-electron chi connectivity index (χ0n) is 8.94. The lowest BCUT2D eigenvalue weighted by molar-refractivity contribution is -0.136. The van der Waals surface area contributed by atoms with Crippen molar-refractivity contribution in [1.82, 2.24) is 0 Å². The highest BCUT2D eigenvalue weighted by molar-refractivity contribution is 6.16. The van der Waals surface area contributed by atoms with Gasteiger partial charge in [0, 0.05) is 0 Å². The average molecular weight is 224 g/mol. The quantitative estimate of drug-likeness (QED) is 0.486. The number of hydrogen-bond donors (Lipinski definition) is 1. The fraction of sp³-hybridized carbons (Fsp3) is 0.250. The largest absolute Gasteiger partial charge is 0.515 e. The first-order chi connectivity index (χ1) is 7.69. The monoisotopic (exact) mass is 224 g/mol. The molecule has 0 spiro atoms. The van der Waals surface area contributed by atoms with Gasteiger partial charge in [-0.1, -0.05) is 19.1 Å². The van der Waals surface area contributed by atoms with Gasteiger partial charge >= 0.3 is 5.97 Å². The lowest BCUT2D eigenvalue weighted by Crippen LogP contribution is -2.08. The third kappa shape index (κ3) is 3.08. The molecule has 86 valence electrons. The van der Waals surface area contributed by atoms with Gasteiger partial charge in [-0.3, -0.25) is 0 Å². The van der Waals surface area contributed by atoms with Crippen LogP contribution in [0.25, 0.3) is 5.57 Å². The first-order valence-electron chi connectivity index (χ1n) is 4.96. The SMILES string of the molecule is CCCOC(=O)/C(=C\O)c1cccc(F)c1. The number of carbonyl (C=O) groups excluding carboxylic acids is 1. The molecule has 0 aliphatic carbocycles. The smallest absolute Gasteiger partial charge is 0.341 e. The standard InChI is InChI=1S/C12H13FO3/c1-2-6-16-12(15)11(8-14)9-4-3-5-10(13)7-9/h3-5,7-8,14H,2,6H2,1H3/b11-8-. The first-order valence-corrected chi connectivity index (χ1v) is 4.96. The summed E-state index contributed by atoms with van der Waals surface area (Å²) in [5.74, 6) is -1.13. The number of aliphatic hydroxyl groups is 1. The Bertz CT molecular complexity index is 399. The molecule has 0 atom stereocenters. The Morgan fingerprint density at radius 1 is 1.56 bits per heavy atom. The maximum atomic E-state index is 12.9. The third-order valence-electron chi connectivity index (χ3n) is 1.92. The predicted octanol–water partition coefficient (Wildman–Crippen LogP) is 2.68. The molecule has 3 nitrogen and oxygen atoms in total. The zero-order chi connectivity index (χ0) is 12.0. The minimum atomic E-state index is -0.657. The second kappa shape index (κ2) is 5.90. The summed E-state index contributed by atoms with van der Waals surface area (Å²) in [5, 5.41) is 8.95. The number of rotatable bonds is 4. The summed E-state index contributed by atoms with van der Waals surface area (Å²) < 4.78 is 17.8. The van der Waals surface area contributed by atoms with Crippen molar-refractivity contribution in [3.63, 3.8) is 0 Å². The van der Waals surface area contributed by atoms with Crippen molar-refractivity contribution in [2.75, 3.05) is 6.61 Å². The highest BCUT2D eigenvalue weighted by atomic mass is 19.1. The summed E-state index contributed by atoms with van der Waals surface area (Å²) in [6.45, 7) is 2.13. The molecule has 4 heteroatoms. The second-order valence-electron chi connectivity index (χ2n) is 3.19. The van der Waals surface area contributed by atoms with E-state index in [1.165, 1.54) is 18.2 Å². The van der Waals surface area contributed by atoms with Gasteiger partial charge in [0.15, 0.2) is 0 Å². The Balaban J connectivity index is 2.87. The topological polar surface area (TPSA) is 46.5 Å². The van der Waals surface area contributed by atoms with Gasteiger partial charge in [-0.05, 0) is 24.1 Å². The molecular formula is C12H13FO3. The lowest BCUT2D eigenvalue weighted by atomic mass is 10.1. The first kappa shape index (κ1) is 12.2. The summed E-state index contributed by atoms with van der Waals surface area (Å²) in [6.07, 6.45) is 1.32. The van der Waals surface area contributed by atoms with Crippen LogP contribution in [0, 0.1) is 5.82 Å². The fourth-order valence-corrected chi connectivity index (χ4v) is 1.17. The van der Waals surface area contributed by atoms with E-state index in [4.69, 9.17) is 9.84 Å². The molecule has 0 aliphatic rings. The van der Waals surface area contributed by atoms with E-state index < -0.39 is 11.8 Å². The van der Waals surface area contributed by atoms with Crippen molar-refractivity contribution in [2.24, 2.45) is 0 Å². The molecule has 0 aliphatic heterocycles. The Hall–Kier alpha value is -1.84. The number of aliphatic hydroxyl groups excluding tert-OH is 1. The number of benzene rings is 1. The second-order valence-corrected chi connectivity index (χ2v) is 3.19. The Kier molecular flexibility index (Phi) is 4.51. The van der Waals surface area contributed by atoms with Gasteiger partial charge in [0.1, 0.15) is 11.4 Å². The Morgan fingerprint density at radius 2 is 2.31 bits per heavy atom. The molecule has 0 amide bonds. The molecule has 0 saturated heterocycles. The van der Waals surface area contributed by atoms with Crippen molar-refractivity contribution in [3.05, 3.63) is 41.9 Å². The van der Waals surface area contributed by atoms with E-state index in [0.717, 1.165) is 6.07 Å². The number of esters is 1. The van der Waals surface area contributed by atoms with Crippen LogP contribution in [0.2, 0.25) is 0 Å². The minimum absolute atomic E-state index is 0.0482. The highest BCUT2D eigenvalue weighted by Crippen LogP contribution is 2.16. The van der Waals surface area contributed by atoms with Gasteiger partial charge in [-0.25, -0.2) is 9.18 Å². The lowest BCUT2D eigenvalue weighted by Gasteiger charge is -2.06. The molecule has 0 unspecified atom stereocenters. The number of ether oxygens (including phenoxy) is 1. The Labute approximate surface area is 93.2 Å². The van der Waals surface area contributed by atoms with Crippen molar-refractivity contribution in [3.8, 4) is 0 Å². The molecule has 1 N–H and O–H groups in total. The van der Waals surface area contributed by atoms with Crippen LogP contribution in [-0.4, -0.2) is 17.7 Å². The molecule has 1 rings (SSSR count). The van der Waals surface area contributed by atoms with Crippen molar-refractivity contribution in [2.45, 2.75) is 13.3 Å². The van der Waals surface area contributed by atoms with E-state index in [-0.39, 0.29) is 12.2 Å². The number of hydrogen-bond acceptors (Lipinski definition) is 3. The van der Waals surface area contributed by atoms with Crippen LogP contribution in [-0.2, 0) is 9.53 Å². The highest BCUT2D eigenvalue weighted by Gasteiger charge is 2.13. The van der Waals surface area contributed by atoms with E-state index in [0.29, 0.717) is 18.2 Å². The van der Waals surface area contributed by atoms with Crippen molar-refractivity contribution < 1.29 is 19.0 Å². The van der Waals surface area contributed by atoms with Crippen LogP contribution in [0.3, 0.4) is 0 Å². The van der Waals surface area contributed by atoms with Crippen molar-refractivity contribution in [1.29, 1.82) is 0 Å². The normalized spacial score (nSPS) is 11.2. The predicted molar refractivity (Wildman–Crippen MR) is 58.3 cm³/mol. The van der Waals surface area contributed by atoms with E-state index in [1.807, 2.05) is 6.92 Å². The molecule has 1 aromatic carbocycles. The van der Waals surface area contributed by atoms with Crippen LogP contribution in [0.1, 0.15) is 18.9 Å². The maximum Gasteiger partial charge on any atom is 0.341 e. The van der Waals surface area contributed by atoms with Crippen LogP contribution in [0.4, 0.5) is 4.39 Å². The molecule has 0 aromatic heterocycles. The molecule has 0 fully saturated rings. The van der Waals surface area contributed by atoms with Crippen LogP contribution in [0.15, 0.2) is 30.5 Å². The van der Waals surface area contributed by atoms with E-state index in [9.17, 15) is 9.18 Å². The van der Waals surface area contributed by atoms with Crippen LogP contribution < -0.4 is 0 Å². The minimum Gasteiger partial charge on any atom is -0.515 e. The van der Waals surface area contributed by atoms with E-state index in [1.54, 1.807) is 0 Å². The van der Waals surface area contributed by atoms with E-state index in [2.05, 4.69) is 0 Å². The summed E-state index contributed by atoms with van der Waals surface area (Å²) in [4.78, 5) is 11.5. The van der Waals surface area contributed by atoms with Crippen LogP contribution >= 0.6 is 0 Å². The zero-order valence-corrected chi connectivity index (χ0v) is 8.94. The van der Waals surface area contributed by atoms with Gasteiger partial charge < -0.3 is 9.84 Å². The molecule has 16 heavy (non-hydrogen) atoms. The molecule has 0 bridgehead atoms. The maximum absolute atomic E-state index is 12.9. The molecular weight excluding hydrogens is 211 g/mol. The molecule has 0 radical (unpaired) electrons. The average Bonchev–Trinajstić information content (AvgIpc) is 2.27. The van der Waals surface area contributed by atoms with Gasteiger partial charge in [0.2, 0.25) is 0 Å². The third-order valence-corrected chi connectivity index (χ3v) is 1.92. The van der Waals surface area contributed by atoms with Gasteiger partial charge in [-0.2, -0.15) is 0 Å². The summed E-state index contributed by atoms with van der Waals surface area (Å²) in [7, 11) is 0.